The van der Waals surface area contributed by atoms with E-state index in [-0.39, 0.29) is 12.2 Å². The van der Waals surface area contributed by atoms with Crippen LogP contribution in [0.4, 0.5) is 5.69 Å². The summed E-state index contributed by atoms with van der Waals surface area (Å²) in [7, 11) is 1.56. The fourth-order valence-corrected chi connectivity index (χ4v) is 3.18. The second kappa shape index (κ2) is 10.5. The van der Waals surface area contributed by atoms with Gasteiger partial charge >= 0.3 is 0 Å². The van der Waals surface area contributed by atoms with E-state index >= 15 is 0 Å². The number of hydrogen-bond acceptors (Lipinski definition) is 4. The van der Waals surface area contributed by atoms with Crippen molar-refractivity contribution in [3.63, 3.8) is 0 Å². The normalized spacial score (nSPS) is 10.8. The van der Waals surface area contributed by atoms with Crippen LogP contribution >= 0.6 is 23.2 Å². The topological polar surface area (TPSA) is 71.3 Å². The van der Waals surface area contributed by atoms with Gasteiger partial charge in [0.15, 0.2) is 0 Å². The number of nitrogens with one attached hydrogen (secondary N) is 1. The van der Waals surface area contributed by atoms with Crippen molar-refractivity contribution in [2.24, 2.45) is 0 Å². The van der Waals surface area contributed by atoms with Crippen molar-refractivity contribution in [3.8, 4) is 17.6 Å². The summed E-state index contributed by atoms with van der Waals surface area (Å²) in [4.78, 5) is 12.4. The number of rotatable bonds is 7. The predicted octanol–water partition coefficient (Wildman–Crippen LogP) is 6.13. The third-order valence-electron chi connectivity index (χ3n) is 4.35. The molecule has 0 radical (unpaired) electrons. The average molecular weight is 453 g/mol. The van der Waals surface area contributed by atoms with Gasteiger partial charge < -0.3 is 14.8 Å². The standard InChI is InChI=1S/C24H18Cl2N2O3/c1-30-19-11-7-18(8-12-19)28-24(29)17(14-27)13-16-5-9-20(10-6-16)31-15-21-22(25)3-2-4-23(21)26/h2-13H,15H2,1H3,(H,28,29). The molecular weight excluding hydrogens is 435 g/mol. The van der Waals surface area contributed by atoms with E-state index in [0.29, 0.717) is 38.4 Å². The number of hydrogen-bond donors (Lipinski definition) is 1. The molecule has 0 spiro atoms. The first kappa shape index (κ1) is 22.2. The number of benzene rings is 3. The minimum atomic E-state index is -0.499. The maximum atomic E-state index is 12.4. The van der Waals surface area contributed by atoms with Crippen LogP contribution in [0.15, 0.2) is 72.3 Å². The van der Waals surface area contributed by atoms with Gasteiger partial charge in [-0.05, 0) is 60.2 Å². The summed E-state index contributed by atoms with van der Waals surface area (Å²) < 4.78 is 10.8. The fraction of sp³-hybridized carbons (Fsp3) is 0.0833. The van der Waals surface area contributed by atoms with Gasteiger partial charge in [0, 0.05) is 21.3 Å². The molecular formula is C24H18Cl2N2O3. The Labute approximate surface area is 190 Å². The molecule has 0 aliphatic carbocycles. The van der Waals surface area contributed by atoms with Gasteiger partial charge in [0.25, 0.3) is 5.91 Å². The summed E-state index contributed by atoms with van der Waals surface area (Å²) in [6.07, 6.45) is 1.51. The zero-order valence-corrected chi connectivity index (χ0v) is 18.1. The molecule has 0 heterocycles. The third-order valence-corrected chi connectivity index (χ3v) is 5.06. The lowest BCUT2D eigenvalue weighted by molar-refractivity contribution is -0.112. The van der Waals surface area contributed by atoms with Crippen LogP contribution in [0.5, 0.6) is 11.5 Å². The van der Waals surface area contributed by atoms with Crippen molar-refractivity contribution < 1.29 is 14.3 Å². The molecule has 1 N–H and O–H groups in total. The first-order chi connectivity index (χ1) is 15.0. The summed E-state index contributed by atoms with van der Waals surface area (Å²) in [6, 6.07) is 21.0. The summed E-state index contributed by atoms with van der Waals surface area (Å²) in [5, 5.41) is 13.1. The Morgan fingerprint density at radius 2 is 1.61 bits per heavy atom. The Morgan fingerprint density at radius 3 is 2.19 bits per heavy atom. The molecule has 3 aromatic rings. The van der Waals surface area contributed by atoms with Crippen LogP contribution in [-0.4, -0.2) is 13.0 Å². The monoisotopic (exact) mass is 452 g/mol. The SMILES string of the molecule is COc1ccc(NC(=O)C(C#N)=Cc2ccc(OCc3c(Cl)cccc3Cl)cc2)cc1. The van der Waals surface area contributed by atoms with Crippen LogP contribution in [0.2, 0.25) is 10.0 Å². The minimum absolute atomic E-state index is 0.0210. The van der Waals surface area contributed by atoms with Crippen molar-refractivity contribution in [2.45, 2.75) is 6.61 Å². The summed E-state index contributed by atoms with van der Waals surface area (Å²) in [6.45, 7) is 0.224. The maximum absolute atomic E-state index is 12.4. The van der Waals surface area contributed by atoms with Crippen molar-refractivity contribution in [1.29, 1.82) is 5.26 Å². The highest BCUT2D eigenvalue weighted by Gasteiger charge is 2.10. The van der Waals surface area contributed by atoms with Crippen LogP contribution in [0.25, 0.3) is 6.08 Å². The van der Waals surface area contributed by atoms with E-state index in [4.69, 9.17) is 32.7 Å². The molecule has 0 aliphatic heterocycles. The van der Waals surface area contributed by atoms with Crippen LogP contribution < -0.4 is 14.8 Å². The lowest BCUT2D eigenvalue weighted by Gasteiger charge is -2.09. The Bertz CT molecular complexity index is 1110. The molecule has 3 rings (SSSR count). The Balaban J connectivity index is 1.65. The molecule has 1 amide bonds. The highest BCUT2D eigenvalue weighted by atomic mass is 35.5. The van der Waals surface area contributed by atoms with Gasteiger partial charge in [0.2, 0.25) is 0 Å². The van der Waals surface area contributed by atoms with Crippen molar-refractivity contribution in [2.75, 3.05) is 12.4 Å². The Kier molecular flexibility index (Phi) is 7.55. The predicted molar refractivity (Wildman–Crippen MR) is 122 cm³/mol. The summed E-state index contributed by atoms with van der Waals surface area (Å²) in [5.74, 6) is 0.781. The van der Waals surface area contributed by atoms with Gasteiger partial charge in [-0.15, -0.1) is 0 Å². The molecule has 0 saturated heterocycles. The maximum Gasteiger partial charge on any atom is 0.266 e. The molecule has 0 saturated carbocycles. The van der Waals surface area contributed by atoms with Gasteiger partial charge in [-0.1, -0.05) is 41.4 Å². The number of anilines is 1. The van der Waals surface area contributed by atoms with Crippen LogP contribution in [-0.2, 0) is 11.4 Å². The van der Waals surface area contributed by atoms with Gasteiger partial charge in [0.05, 0.1) is 7.11 Å². The second-order valence-electron chi connectivity index (χ2n) is 6.41. The smallest absolute Gasteiger partial charge is 0.266 e. The lowest BCUT2D eigenvalue weighted by atomic mass is 10.1. The van der Waals surface area contributed by atoms with Gasteiger partial charge in [-0.25, -0.2) is 0 Å². The number of ether oxygens (including phenoxy) is 2. The van der Waals surface area contributed by atoms with E-state index in [0.717, 1.165) is 0 Å². The van der Waals surface area contributed by atoms with Crippen molar-refractivity contribution >= 4 is 40.9 Å². The molecule has 7 heteroatoms. The van der Waals surface area contributed by atoms with E-state index in [1.165, 1.54) is 6.08 Å². The van der Waals surface area contributed by atoms with Crippen LogP contribution in [0.3, 0.4) is 0 Å². The number of carbonyl (C=O) groups is 1. The van der Waals surface area contributed by atoms with Gasteiger partial charge in [0.1, 0.15) is 29.7 Å². The van der Waals surface area contributed by atoms with E-state index in [1.54, 1.807) is 73.8 Å². The lowest BCUT2D eigenvalue weighted by Crippen LogP contribution is -2.13. The minimum Gasteiger partial charge on any atom is -0.497 e. The van der Waals surface area contributed by atoms with E-state index < -0.39 is 5.91 Å². The first-order valence-electron chi connectivity index (χ1n) is 9.23. The second-order valence-corrected chi connectivity index (χ2v) is 7.22. The highest BCUT2D eigenvalue weighted by molar-refractivity contribution is 6.35. The van der Waals surface area contributed by atoms with E-state index in [1.807, 2.05) is 6.07 Å². The summed E-state index contributed by atoms with van der Waals surface area (Å²) >= 11 is 12.3. The van der Waals surface area contributed by atoms with E-state index in [9.17, 15) is 10.1 Å². The average Bonchev–Trinajstić information content (AvgIpc) is 2.78. The molecule has 0 bridgehead atoms. The Hall–Kier alpha value is -3.46. The number of halogens is 2. The molecule has 0 aliphatic rings. The quantitative estimate of drug-likeness (QED) is 0.345. The molecule has 31 heavy (non-hydrogen) atoms. The number of carbonyl (C=O) groups excluding carboxylic acids is 1. The molecule has 0 aromatic heterocycles. The third kappa shape index (κ3) is 6.02. The largest absolute Gasteiger partial charge is 0.497 e. The number of nitriles is 1. The van der Waals surface area contributed by atoms with Crippen molar-refractivity contribution in [1.82, 2.24) is 0 Å². The first-order valence-corrected chi connectivity index (χ1v) is 9.98. The molecule has 3 aromatic carbocycles. The van der Waals surface area contributed by atoms with Gasteiger partial charge in [-0.2, -0.15) is 5.26 Å². The van der Waals surface area contributed by atoms with Crippen LogP contribution in [0, 0.1) is 11.3 Å². The fourth-order valence-electron chi connectivity index (χ4n) is 2.67. The number of amides is 1. The molecule has 0 fully saturated rings. The number of methoxy groups -OCH3 is 1. The van der Waals surface area contributed by atoms with Crippen LogP contribution in [0.1, 0.15) is 11.1 Å². The zero-order valence-electron chi connectivity index (χ0n) is 16.6. The molecule has 0 unspecified atom stereocenters. The summed E-state index contributed by atoms with van der Waals surface area (Å²) in [5.41, 5.74) is 1.93. The number of nitrogens with zero attached hydrogens (tertiary/aromatic N) is 1. The molecule has 5 nitrogen and oxygen atoms in total. The Morgan fingerprint density at radius 1 is 1.00 bits per heavy atom. The van der Waals surface area contributed by atoms with E-state index in [2.05, 4.69) is 5.32 Å². The van der Waals surface area contributed by atoms with Gasteiger partial charge in [-0.3, -0.25) is 4.79 Å². The molecule has 0 atom stereocenters. The van der Waals surface area contributed by atoms with Crippen molar-refractivity contribution in [3.05, 3.63) is 93.5 Å². The highest BCUT2D eigenvalue weighted by Crippen LogP contribution is 2.26. The molecule has 156 valence electrons. The zero-order chi connectivity index (χ0) is 22.2.